The molecule has 1 aromatic carbocycles. The SMILES string of the molecule is O=Cc1c(Cl)ncnc1-c1ccc(F)cc1F. The number of benzene rings is 1. The summed E-state index contributed by atoms with van der Waals surface area (Å²) in [7, 11) is 0. The predicted octanol–water partition coefficient (Wildman–Crippen LogP) is 2.89. The topological polar surface area (TPSA) is 42.9 Å². The number of rotatable bonds is 2. The number of nitrogens with zero attached hydrogens (tertiary/aromatic N) is 2. The second-order valence-electron chi connectivity index (χ2n) is 3.17. The van der Waals surface area contributed by atoms with Crippen molar-refractivity contribution in [2.75, 3.05) is 0 Å². The normalized spacial score (nSPS) is 10.3. The molecule has 0 fully saturated rings. The zero-order valence-electron chi connectivity index (χ0n) is 8.32. The maximum absolute atomic E-state index is 13.5. The number of aldehydes is 1. The van der Waals surface area contributed by atoms with Crippen LogP contribution in [0.2, 0.25) is 5.15 Å². The second kappa shape index (κ2) is 4.55. The highest BCUT2D eigenvalue weighted by molar-refractivity contribution is 6.32. The summed E-state index contributed by atoms with van der Waals surface area (Å²) in [5.41, 5.74) is 0.00924. The van der Waals surface area contributed by atoms with Crippen LogP contribution in [-0.4, -0.2) is 16.3 Å². The van der Waals surface area contributed by atoms with Crippen molar-refractivity contribution in [1.82, 2.24) is 9.97 Å². The second-order valence-corrected chi connectivity index (χ2v) is 3.53. The molecule has 0 aliphatic carbocycles. The molecule has 0 N–H and O–H groups in total. The molecule has 3 nitrogen and oxygen atoms in total. The minimum Gasteiger partial charge on any atom is -0.298 e. The fraction of sp³-hybridized carbons (Fsp3) is 0. The van der Waals surface area contributed by atoms with E-state index >= 15 is 0 Å². The van der Waals surface area contributed by atoms with Crippen LogP contribution in [0.1, 0.15) is 10.4 Å². The molecule has 2 rings (SSSR count). The summed E-state index contributed by atoms with van der Waals surface area (Å²) in [4.78, 5) is 18.2. The minimum atomic E-state index is -0.817. The molecule has 0 saturated carbocycles. The average molecular weight is 255 g/mol. The predicted molar refractivity (Wildman–Crippen MR) is 57.8 cm³/mol. The molecule has 17 heavy (non-hydrogen) atoms. The Labute approximate surface area is 100 Å². The van der Waals surface area contributed by atoms with Gasteiger partial charge in [-0.1, -0.05) is 11.6 Å². The van der Waals surface area contributed by atoms with E-state index < -0.39 is 11.6 Å². The zero-order chi connectivity index (χ0) is 12.4. The molecule has 1 aromatic heterocycles. The monoisotopic (exact) mass is 254 g/mol. The quantitative estimate of drug-likeness (QED) is 0.611. The molecule has 6 heteroatoms. The molecule has 86 valence electrons. The van der Waals surface area contributed by atoms with Gasteiger partial charge in [-0.15, -0.1) is 0 Å². The van der Waals surface area contributed by atoms with Crippen LogP contribution in [0.25, 0.3) is 11.3 Å². The highest BCUT2D eigenvalue weighted by atomic mass is 35.5. The molecule has 0 amide bonds. The minimum absolute atomic E-state index is 0.00204. The van der Waals surface area contributed by atoms with Crippen LogP contribution in [0.3, 0.4) is 0 Å². The maximum Gasteiger partial charge on any atom is 0.155 e. The molecular weight excluding hydrogens is 250 g/mol. The van der Waals surface area contributed by atoms with E-state index in [0.717, 1.165) is 12.4 Å². The molecule has 0 aliphatic heterocycles. The third-order valence-electron chi connectivity index (χ3n) is 2.14. The molecule has 0 atom stereocenters. The van der Waals surface area contributed by atoms with Gasteiger partial charge in [0.15, 0.2) is 6.29 Å². The highest BCUT2D eigenvalue weighted by Crippen LogP contribution is 2.26. The lowest BCUT2D eigenvalue weighted by atomic mass is 10.1. The average Bonchev–Trinajstić information content (AvgIpc) is 2.29. The van der Waals surface area contributed by atoms with Crippen molar-refractivity contribution in [2.24, 2.45) is 0 Å². The molecule has 2 aromatic rings. The third kappa shape index (κ3) is 2.14. The first-order valence-corrected chi connectivity index (χ1v) is 4.92. The Hall–Kier alpha value is -1.88. The van der Waals surface area contributed by atoms with Gasteiger partial charge in [-0.3, -0.25) is 4.79 Å². The van der Waals surface area contributed by atoms with Crippen molar-refractivity contribution in [3.63, 3.8) is 0 Å². The molecule has 0 bridgehead atoms. The van der Waals surface area contributed by atoms with Crippen molar-refractivity contribution in [2.45, 2.75) is 0 Å². The number of hydrogen-bond donors (Lipinski definition) is 0. The van der Waals surface area contributed by atoms with Crippen molar-refractivity contribution in [3.8, 4) is 11.3 Å². The Balaban J connectivity index is 2.68. The van der Waals surface area contributed by atoms with E-state index in [-0.39, 0.29) is 22.0 Å². The van der Waals surface area contributed by atoms with Crippen molar-refractivity contribution in [1.29, 1.82) is 0 Å². The van der Waals surface area contributed by atoms with E-state index in [1.54, 1.807) is 0 Å². The molecule has 0 spiro atoms. The first-order valence-electron chi connectivity index (χ1n) is 4.54. The molecule has 0 aliphatic rings. The van der Waals surface area contributed by atoms with Gasteiger partial charge >= 0.3 is 0 Å². The van der Waals surface area contributed by atoms with Crippen LogP contribution < -0.4 is 0 Å². The van der Waals surface area contributed by atoms with E-state index in [2.05, 4.69) is 9.97 Å². The first-order chi connectivity index (χ1) is 8.13. The third-order valence-corrected chi connectivity index (χ3v) is 2.44. The van der Waals surface area contributed by atoms with Gasteiger partial charge in [0.25, 0.3) is 0 Å². The van der Waals surface area contributed by atoms with Crippen LogP contribution in [0.5, 0.6) is 0 Å². The van der Waals surface area contributed by atoms with Gasteiger partial charge in [-0.2, -0.15) is 0 Å². The summed E-state index contributed by atoms with van der Waals surface area (Å²) >= 11 is 5.68. The smallest absolute Gasteiger partial charge is 0.155 e. The largest absolute Gasteiger partial charge is 0.298 e. The van der Waals surface area contributed by atoms with E-state index in [0.29, 0.717) is 12.4 Å². The number of aromatic nitrogens is 2. The Morgan fingerprint density at radius 1 is 1.24 bits per heavy atom. The molecule has 0 radical (unpaired) electrons. The first kappa shape index (κ1) is 11.6. The Morgan fingerprint density at radius 3 is 2.65 bits per heavy atom. The lowest BCUT2D eigenvalue weighted by Crippen LogP contribution is -1.97. The van der Waals surface area contributed by atoms with Gasteiger partial charge in [0.05, 0.1) is 11.3 Å². The summed E-state index contributed by atoms with van der Waals surface area (Å²) in [6.45, 7) is 0. The number of carbonyl (C=O) groups is 1. The van der Waals surface area contributed by atoms with Crippen LogP contribution in [0.15, 0.2) is 24.5 Å². The molecule has 0 saturated heterocycles. The summed E-state index contributed by atoms with van der Waals surface area (Å²) < 4.78 is 26.3. The van der Waals surface area contributed by atoms with E-state index in [1.165, 1.54) is 6.07 Å². The number of hydrogen-bond acceptors (Lipinski definition) is 3. The lowest BCUT2D eigenvalue weighted by molar-refractivity contribution is 0.112. The van der Waals surface area contributed by atoms with Crippen LogP contribution >= 0.6 is 11.6 Å². The summed E-state index contributed by atoms with van der Waals surface area (Å²) in [5, 5.41) is -0.0753. The summed E-state index contributed by atoms with van der Waals surface area (Å²) in [6.07, 6.45) is 1.54. The lowest BCUT2D eigenvalue weighted by Gasteiger charge is -2.05. The van der Waals surface area contributed by atoms with Gasteiger partial charge < -0.3 is 0 Å². The standard InChI is InChI=1S/C11H5ClF2N2O/c12-11-8(4-17)10(15-5-16-11)7-2-1-6(13)3-9(7)14/h1-5H. The summed E-state index contributed by atoms with van der Waals surface area (Å²) in [5.74, 6) is -1.53. The highest BCUT2D eigenvalue weighted by Gasteiger charge is 2.14. The van der Waals surface area contributed by atoms with E-state index in [4.69, 9.17) is 11.6 Å². The molecular formula is C11H5ClF2N2O. The maximum atomic E-state index is 13.5. The number of halogens is 3. The van der Waals surface area contributed by atoms with E-state index in [1.807, 2.05) is 0 Å². The van der Waals surface area contributed by atoms with Crippen molar-refractivity contribution < 1.29 is 13.6 Å². The van der Waals surface area contributed by atoms with Gasteiger partial charge in [0, 0.05) is 11.6 Å². The Morgan fingerprint density at radius 2 is 2.00 bits per heavy atom. The number of carbonyl (C=O) groups excluding carboxylic acids is 1. The van der Waals surface area contributed by atoms with Gasteiger partial charge in [0.1, 0.15) is 23.1 Å². The zero-order valence-corrected chi connectivity index (χ0v) is 9.08. The van der Waals surface area contributed by atoms with Gasteiger partial charge in [-0.25, -0.2) is 18.7 Å². The van der Waals surface area contributed by atoms with Crippen molar-refractivity contribution in [3.05, 3.63) is 46.9 Å². The Bertz CT molecular complexity index is 590. The van der Waals surface area contributed by atoms with E-state index in [9.17, 15) is 13.6 Å². The van der Waals surface area contributed by atoms with Crippen LogP contribution in [0.4, 0.5) is 8.78 Å². The van der Waals surface area contributed by atoms with Gasteiger partial charge in [0.2, 0.25) is 0 Å². The fourth-order valence-electron chi connectivity index (χ4n) is 1.37. The van der Waals surface area contributed by atoms with Crippen LogP contribution in [-0.2, 0) is 0 Å². The van der Waals surface area contributed by atoms with Crippen LogP contribution in [0, 0.1) is 11.6 Å². The fourth-order valence-corrected chi connectivity index (χ4v) is 1.55. The molecule has 1 heterocycles. The van der Waals surface area contributed by atoms with Crippen molar-refractivity contribution >= 4 is 17.9 Å². The molecule has 0 unspecified atom stereocenters. The Kier molecular flexibility index (Phi) is 3.10. The van der Waals surface area contributed by atoms with Gasteiger partial charge in [-0.05, 0) is 12.1 Å². The summed E-state index contributed by atoms with van der Waals surface area (Å²) in [6, 6.07) is 2.97.